The molecule has 0 N–H and O–H groups in total. The molecule has 0 radical (unpaired) electrons. The van der Waals surface area contributed by atoms with E-state index in [1.807, 2.05) is 0 Å². The van der Waals surface area contributed by atoms with E-state index in [4.69, 9.17) is 16.3 Å². The molecule has 1 atom stereocenters. The maximum absolute atomic E-state index is 12.8. The van der Waals surface area contributed by atoms with Gasteiger partial charge in [0.2, 0.25) is 21.8 Å². The third-order valence-electron chi connectivity index (χ3n) is 4.94. The maximum atomic E-state index is 12.8. The SMILES string of the molecule is COc1ccc(N2CC(C(=O)N3CCN(S(C)(=O)=O)CC3)CC2=O)cc1Cl. The van der Waals surface area contributed by atoms with Crippen LogP contribution < -0.4 is 9.64 Å². The zero-order valence-electron chi connectivity index (χ0n) is 15.2. The highest BCUT2D eigenvalue weighted by molar-refractivity contribution is 7.88. The number of hydrogen-bond donors (Lipinski definition) is 0. The van der Waals surface area contributed by atoms with Gasteiger partial charge >= 0.3 is 0 Å². The first-order chi connectivity index (χ1) is 12.7. The summed E-state index contributed by atoms with van der Waals surface area (Å²) in [5.41, 5.74) is 0.628. The van der Waals surface area contributed by atoms with Crippen molar-refractivity contribution in [3.63, 3.8) is 0 Å². The van der Waals surface area contributed by atoms with Gasteiger partial charge in [-0.25, -0.2) is 8.42 Å². The highest BCUT2D eigenvalue weighted by atomic mass is 35.5. The first-order valence-corrected chi connectivity index (χ1v) is 10.8. The summed E-state index contributed by atoms with van der Waals surface area (Å²) in [5, 5.41) is 0.398. The van der Waals surface area contributed by atoms with Crippen LogP contribution in [0.1, 0.15) is 6.42 Å². The Morgan fingerprint density at radius 1 is 1.22 bits per heavy atom. The van der Waals surface area contributed by atoms with E-state index < -0.39 is 15.9 Å². The lowest BCUT2D eigenvalue weighted by Crippen LogP contribution is -2.51. The zero-order valence-corrected chi connectivity index (χ0v) is 16.8. The molecule has 2 aliphatic rings. The number of rotatable bonds is 4. The van der Waals surface area contributed by atoms with Crippen LogP contribution in [0.3, 0.4) is 0 Å². The lowest BCUT2D eigenvalue weighted by Gasteiger charge is -2.34. The van der Waals surface area contributed by atoms with Gasteiger partial charge < -0.3 is 14.5 Å². The van der Waals surface area contributed by atoms with Gasteiger partial charge in [0.1, 0.15) is 5.75 Å². The summed E-state index contributed by atoms with van der Waals surface area (Å²) in [6.45, 7) is 1.52. The summed E-state index contributed by atoms with van der Waals surface area (Å²) in [6, 6.07) is 5.07. The smallest absolute Gasteiger partial charge is 0.228 e. The average molecular weight is 416 g/mol. The van der Waals surface area contributed by atoms with Crippen LogP contribution in [0.15, 0.2) is 18.2 Å². The number of anilines is 1. The van der Waals surface area contributed by atoms with Crippen molar-refractivity contribution < 1.29 is 22.7 Å². The van der Waals surface area contributed by atoms with Crippen LogP contribution in [0, 0.1) is 5.92 Å². The number of methoxy groups -OCH3 is 1. The quantitative estimate of drug-likeness (QED) is 0.726. The molecule has 8 nitrogen and oxygen atoms in total. The summed E-state index contributed by atoms with van der Waals surface area (Å²) in [4.78, 5) is 28.4. The number of piperazine rings is 1. The molecule has 1 aromatic carbocycles. The summed E-state index contributed by atoms with van der Waals surface area (Å²) in [6.07, 6.45) is 1.30. The normalized spacial score (nSPS) is 21.6. The number of sulfonamides is 1. The minimum absolute atomic E-state index is 0.112. The second-order valence-electron chi connectivity index (χ2n) is 6.71. The highest BCUT2D eigenvalue weighted by Gasteiger charge is 2.38. The summed E-state index contributed by atoms with van der Waals surface area (Å²) >= 11 is 6.13. The summed E-state index contributed by atoms with van der Waals surface area (Å²) < 4.78 is 29.7. The monoisotopic (exact) mass is 415 g/mol. The first kappa shape index (κ1) is 19.9. The number of carbonyl (C=O) groups excluding carboxylic acids is 2. The molecule has 27 heavy (non-hydrogen) atoms. The van der Waals surface area contributed by atoms with Gasteiger partial charge in [0.15, 0.2) is 0 Å². The standard InChI is InChI=1S/C17H22ClN3O5S/c1-26-15-4-3-13(10-14(15)18)21-11-12(9-16(21)22)17(23)19-5-7-20(8-6-19)27(2,24)25/h3-4,10,12H,5-9,11H2,1-2H3. The Kier molecular flexibility index (Phi) is 5.64. The fourth-order valence-electron chi connectivity index (χ4n) is 3.44. The Balaban J connectivity index is 1.65. The molecule has 148 valence electrons. The van der Waals surface area contributed by atoms with E-state index in [1.54, 1.807) is 28.0 Å². The van der Waals surface area contributed by atoms with E-state index in [9.17, 15) is 18.0 Å². The van der Waals surface area contributed by atoms with Gasteiger partial charge in [0.05, 0.1) is 24.3 Å². The van der Waals surface area contributed by atoms with Crippen LogP contribution in [-0.2, 0) is 19.6 Å². The first-order valence-electron chi connectivity index (χ1n) is 8.58. The number of halogens is 1. The van der Waals surface area contributed by atoms with Gasteiger partial charge in [-0.1, -0.05) is 11.6 Å². The molecule has 1 aromatic rings. The highest BCUT2D eigenvalue weighted by Crippen LogP contribution is 2.32. The molecule has 10 heteroatoms. The second kappa shape index (κ2) is 7.65. The van der Waals surface area contributed by atoms with Gasteiger partial charge in [0, 0.05) is 44.8 Å². The number of ether oxygens (including phenoxy) is 1. The predicted molar refractivity (Wildman–Crippen MR) is 101 cm³/mol. The molecule has 2 amide bonds. The summed E-state index contributed by atoms with van der Waals surface area (Å²) in [7, 11) is -1.73. The summed E-state index contributed by atoms with van der Waals surface area (Å²) in [5.74, 6) is -0.172. The Bertz CT molecular complexity index is 852. The Labute approximate surface area is 163 Å². The minimum Gasteiger partial charge on any atom is -0.495 e. The lowest BCUT2D eigenvalue weighted by molar-refractivity contribution is -0.136. The van der Waals surface area contributed by atoms with Crippen molar-refractivity contribution in [2.45, 2.75) is 6.42 Å². The van der Waals surface area contributed by atoms with Gasteiger partial charge in [-0.05, 0) is 18.2 Å². The zero-order chi connectivity index (χ0) is 19.8. The van der Waals surface area contributed by atoms with Crippen LogP contribution in [0.2, 0.25) is 5.02 Å². The third kappa shape index (κ3) is 4.20. The largest absolute Gasteiger partial charge is 0.495 e. The number of benzene rings is 1. The molecule has 2 fully saturated rings. The molecule has 1 unspecified atom stereocenters. The van der Waals surface area contributed by atoms with Gasteiger partial charge in [0.25, 0.3) is 0 Å². The Morgan fingerprint density at radius 2 is 1.89 bits per heavy atom. The van der Waals surface area contributed by atoms with Crippen LogP contribution in [0.5, 0.6) is 5.75 Å². The molecule has 2 aliphatic heterocycles. The van der Waals surface area contributed by atoms with Crippen LogP contribution in [-0.4, -0.2) is 75.5 Å². The van der Waals surface area contributed by atoms with Gasteiger partial charge in [-0.3, -0.25) is 9.59 Å². The Hall–Kier alpha value is -1.84. The second-order valence-corrected chi connectivity index (χ2v) is 9.10. The molecule has 2 saturated heterocycles. The molecular weight excluding hydrogens is 394 g/mol. The molecule has 0 saturated carbocycles. The molecule has 3 rings (SSSR count). The predicted octanol–water partition coefficient (Wildman–Crippen LogP) is 0.805. The van der Waals surface area contributed by atoms with E-state index in [0.29, 0.717) is 29.5 Å². The minimum atomic E-state index is -3.25. The topological polar surface area (TPSA) is 87.2 Å². The number of hydrogen-bond acceptors (Lipinski definition) is 5. The van der Waals surface area contributed by atoms with E-state index in [2.05, 4.69) is 0 Å². The van der Waals surface area contributed by atoms with E-state index in [0.717, 1.165) is 6.26 Å². The van der Waals surface area contributed by atoms with E-state index in [-0.39, 0.29) is 37.9 Å². The van der Waals surface area contributed by atoms with E-state index >= 15 is 0 Å². The fourth-order valence-corrected chi connectivity index (χ4v) is 4.52. The average Bonchev–Trinajstić information content (AvgIpc) is 3.02. The molecule has 0 spiro atoms. The van der Waals surface area contributed by atoms with Crippen molar-refractivity contribution in [2.75, 3.05) is 51.0 Å². The lowest BCUT2D eigenvalue weighted by atomic mass is 10.1. The molecular formula is C17H22ClN3O5S. The van der Waals surface area contributed by atoms with Crippen LogP contribution in [0.25, 0.3) is 0 Å². The molecule has 2 heterocycles. The van der Waals surface area contributed by atoms with Crippen LogP contribution >= 0.6 is 11.6 Å². The van der Waals surface area contributed by atoms with Crippen molar-refractivity contribution >= 4 is 39.1 Å². The van der Waals surface area contributed by atoms with Crippen molar-refractivity contribution in [2.24, 2.45) is 5.92 Å². The molecule has 0 aromatic heterocycles. The van der Waals surface area contributed by atoms with Gasteiger partial charge in [-0.15, -0.1) is 0 Å². The van der Waals surface area contributed by atoms with Crippen molar-refractivity contribution in [1.82, 2.24) is 9.21 Å². The molecule has 0 bridgehead atoms. The van der Waals surface area contributed by atoms with E-state index in [1.165, 1.54) is 11.4 Å². The third-order valence-corrected chi connectivity index (χ3v) is 6.54. The maximum Gasteiger partial charge on any atom is 0.228 e. The van der Waals surface area contributed by atoms with Crippen molar-refractivity contribution in [3.8, 4) is 5.75 Å². The van der Waals surface area contributed by atoms with Crippen LogP contribution in [0.4, 0.5) is 5.69 Å². The fraction of sp³-hybridized carbons (Fsp3) is 0.529. The number of nitrogens with zero attached hydrogens (tertiary/aromatic N) is 3. The molecule has 0 aliphatic carbocycles. The van der Waals surface area contributed by atoms with Crippen molar-refractivity contribution in [3.05, 3.63) is 23.2 Å². The van der Waals surface area contributed by atoms with Crippen molar-refractivity contribution in [1.29, 1.82) is 0 Å². The Morgan fingerprint density at radius 3 is 2.44 bits per heavy atom. The number of amides is 2. The van der Waals surface area contributed by atoms with Gasteiger partial charge in [-0.2, -0.15) is 4.31 Å². The number of carbonyl (C=O) groups is 2.